The quantitative estimate of drug-likeness (QED) is 0.797. The lowest BCUT2D eigenvalue weighted by atomic mass is 9.87. The zero-order valence-corrected chi connectivity index (χ0v) is 13.0. The lowest BCUT2D eigenvalue weighted by Crippen LogP contribution is -2.44. The first-order chi connectivity index (χ1) is 9.83. The fraction of sp³-hybridized carbons (Fsp3) is 0.562. The van der Waals surface area contributed by atoms with E-state index in [1.807, 2.05) is 45.0 Å². The molecule has 0 atom stereocenters. The van der Waals surface area contributed by atoms with Gasteiger partial charge in [-0.25, -0.2) is 4.79 Å². The molecule has 5 nitrogen and oxygen atoms in total. The highest BCUT2D eigenvalue weighted by Gasteiger charge is 2.26. The maximum atomic E-state index is 11.7. The molecular formula is C16H25N3O2. The molecule has 1 aromatic carbocycles. The Morgan fingerprint density at radius 3 is 2.62 bits per heavy atom. The highest BCUT2D eigenvalue weighted by atomic mass is 16.6. The van der Waals surface area contributed by atoms with Crippen LogP contribution in [0.1, 0.15) is 39.2 Å². The summed E-state index contributed by atoms with van der Waals surface area (Å²) in [6.45, 7) is 5.99. The van der Waals surface area contributed by atoms with E-state index in [0.29, 0.717) is 18.6 Å². The Kier molecular flexibility index (Phi) is 4.73. The number of carbonyl (C=O) groups excluding carboxylic acids is 1. The van der Waals surface area contributed by atoms with E-state index in [-0.39, 0.29) is 0 Å². The summed E-state index contributed by atoms with van der Waals surface area (Å²) in [5.74, 6) is 0. The van der Waals surface area contributed by atoms with Crippen LogP contribution in [0.2, 0.25) is 0 Å². The molecule has 1 fully saturated rings. The number of para-hydroxylation sites is 1. The Morgan fingerprint density at radius 1 is 1.33 bits per heavy atom. The zero-order valence-electron chi connectivity index (χ0n) is 13.0. The molecule has 4 N–H and O–H groups in total. The number of anilines is 1. The molecule has 0 heterocycles. The van der Waals surface area contributed by atoms with E-state index < -0.39 is 11.7 Å². The number of amides is 1. The topological polar surface area (TPSA) is 76.4 Å². The van der Waals surface area contributed by atoms with Crippen LogP contribution in [0.15, 0.2) is 24.3 Å². The molecular weight excluding hydrogens is 266 g/mol. The summed E-state index contributed by atoms with van der Waals surface area (Å²) >= 11 is 0. The molecule has 0 unspecified atom stereocenters. The normalized spacial score (nSPS) is 21.3. The van der Waals surface area contributed by atoms with Crippen LogP contribution >= 0.6 is 0 Å². The summed E-state index contributed by atoms with van der Waals surface area (Å²) < 4.78 is 5.24. The van der Waals surface area contributed by atoms with E-state index in [2.05, 4.69) is 10.6 Å². The highest BCUT2D eigenvalue weighted by Crippen LogP contribution is 2.24. The molecule has 5 heteroatoms. The molecule has 21 heavy (non-hydrogen) atoms. The van der Waals surface area contributed by atoms with Crippen molar-refractivity contribution in [2.24, 2.45) is 5.73 Å². The first kappa shape index (κ1) is 15.6. The monoisotopic (exact) mass is 291 g/mol. The molecule has 1 aliphatic rings. The molecule has 0 spiro atoms. The van der Waals surface area contributed by atoms with Crippen molar-refractivity contribution in [1.82, 2.24) is 5.32 Å². The molecule has 0 radical (unpaired) electrons. The number of nitrogens with one attached hydrogen (secondary N) is 2. The summed E-state index contributed by atoms with van der Waals surface area (Å²) in [6, 6.07) is 8.72. The first-order valence-electron chi connectivity index (χ1n) is 7.40. The van der Waals surface area contributed by atoms with E-state index in [1.165, 1.54) is 0 Å². The van der Waals surface area contributed by atoms with E-state index in [4.69, 9.17) is 10.5 Å². The average molecular weight is 291 g/mol. The summed E-state index contributed by atoms with van der Waals surface area (Å²) in [7, 11) is 0. The van der Waals surface area contributed by atoms with Crippen molar-refractivity contribution in [3.8, 4) is 0 Å². The van der Waals surface area contributed by atoms with Gasteiger partial charge in [-0.3, -0.25) is 0 Å². The van der Waals surface area contributed by atoms with Crippen LogP contribution in [0.25, 0.3) is 0 Å². The second-order valence-corrected chi connectivity index (χ2v) is 6.59. The number of nitrogens with two attached hydrogens (primary N) is 1. The summed E-state index contributed by atoms with van der Waals surface area (Å²) in [6.07, 6.45) is 1.59. The van der Waals surface area contributed by atoms with Gasteiger partial charge in [0.05, 0.1) is 0 Å². The van der Waals surface area contributed by atoms with Gasteiger partial charge >= 0.3 is 6.09 Å². The minimum atomic E-state index is -0.482. The van der Waals surface area contributed by atoms with E-state index in [0.717, 1.165) is 24.1 Å². The van der Waals surface area contributed by atoms with Crippen molar-refractivity contribution in [2.75, 3.05) is 5.32 Å². The fourth-order valence-electron chi connectivity index (χ4n) is 2.30. The maximum absolute atomic E-state index is 11.7. The summed E-state index contributed by atoms with van der Waals surface area (Å²) in [5.41, 5.74) is 7.41. The molecule has 116 valence electrons. The minimum absolute atomic E-state index is 0.314. The minimum Gasteiger partial charge on any atom is -0.444 e. The molecule has 1 aliphatic carbocycles. The SMILES string of the molecule is CC(C)(C)OC(=O)NCc1ccccc1NC1CC(N)C1. The van der Waals surface area contributed by atoms with Crippen molar-refractivity contribution in [3.05, 3.63) is 29.8 Å². The Bertz CT molecular complexity index is 491. The molecule has 0 saturated heterocycles. The number of hydrogen-bond donors (Lipinski definition) is 3. The third kappa shape index (κ3) is 4.93. The second-order valence-electron chi connectivity index (χ2n) is 6.59. The van der Waals surface area contributed by atoms with E-state index >= 15 is 0 Å². The molecule has 0 aromatic heterocycles. The van der Waals surface area contributed by atoms with E-state index in [1.54, 1.807) is 0 Å². The second kappa shape index (κ2) is 6.35. The lowest BCUT2D eigenvalue weighted by molar-refractivity contribution is 0.0523. The van der Waals surface area contributed by atoms with Gasteiger partial charge in [0.15, 0.2) is 0 Å². The molecule has 2 rings (SSSR count). The number of benzene rings is 1. The predicted octanol–water partition coefficient (Wildman–Crippen LogP) is 2.61. The molecule has 1 saturated carbocycles. The maximum Gasteiger partial charge on any atom is 0.407 e. The van der Waals surface area contributed by atoms with Crippen LogP contribution < -0.4 is 16.4 Å². The number of carbonyl (C=O) groups is 1. The van der Waals surface area contributed by atoms with Gasteiger partial charge in [-0.1, -0.05) is 18.2 Å². The van der Waals surface area contributed by atoms with Crippen molar-refractivity contribution in [2.45, 2.75) is 57.8 Å². The van der Waals surface area contributed by atoms with Gasteiger partial charge in [-0.2, -0.15) is 0 Å². The summed E-state index contributed by atoms with van der Waals surface area (Å²) in [5, 5.41) is 6.27. The van der Waals surface area contributed by atoms with Gasteiger partial charge in [0, 0.05) is 24.3 Å². The fourth-order valence-corrected chi connectivity index (χ4v) is 2.30. The van der Waals surface area contributed by atoms with Gasteiger partial charge in [0.25, 0.3) is 0 Å². The van der Waals surface area contributed by atoms with Crippen LogP contribution in [0, 0.1) is 0 Å². The molecule has 1 aromatic rings. The van der Waals surface area contributed by atoms with Crippen LogP contribution in [0.4, 0.5) is 10.5 Å². The highest BCUT2D eigenvalue weighted by molar-refractivity contribution is 5.68. The van der Waals surface area contributed by atoms with Gasteiger partial charge in [-0.15, -0.1) is 0 Å². The predicted molar refractivity (Wildman–Crippen MR) is 84.1 cm³/mol. The van der Waals surface area contributed by atoms with Crippen LogP contribution in [-0.4, -0.2) is 23.8 Å². The molecule has 0 bridgehead atoms. The van der Waals surface area contributed by atoms with Crippen LogP contribution in [0.5, 0.6) is 0 Å². The molecule has 0 aliphatic heterocycles. The van der Waals surface area contributed by atoms with Crippen molar-refractivity contribution in [3.63, 3.8) is 0 Å². The van der Waals surface area contributed by atoms with E-state index in [9.17, 15) is 4.79 Å². The Morgan fingerprint density at radius 2 is 2.00 bits per heavy atom. The largest absolute Gasteiger partial charge is 0.444 e. The first-order valence-corrected chi connectivity index (χ1v) is 7.40. The standard InChI is InChI=1S/C16H25N3O2/c1-16(2,3)21-15(20)18-10-11-6-4-5-7-14(11)19-13-8-12(17)9-13/h4-7,12-13,19H,8-10,17H2,1-3H3,(H,18,20). The van der Waals surface area contributed by atoms with Crippen molar-refractivity contribution in [1.29, 1.82) is 0 Å². The Balaban J connectivity index is 1.89. The number of ether oxygens (including phenoxy) is 1. The number of rotatable bonds is 4. The lowest BCUT2D eigenvalue weighted by Gasteiger charge is -2.34. The van der Waals surface area contributed by atoms with Gasteiger partial charge < -0.3 is 21.1 Å². The smallest absolute Gasteiger partial charge is 0.407 e. The van der Waals surface area contributed by atoms with Gasteiger partial charge in [-0.05, 0) is 45.2 Å². The van der Waals surface area contributed by atoms with Crippen LogP contribution in [-0.2, 0) is 11.3 Å². The third-order valence-corrected chi connectivity index (χ3v) is 3.37. The van der Waals surface area contributed by atoms with Crippen molar-refractivity contribution >= 4 is 11.8 Å². The van der Waals surface area contributed by atoms with Gasteiger partial charge in [0.2, 0.25) is 0 Å². The Labute approximate surface area is 126 Å². The summed E-state index contributed by atoms with van der Waals surface area (Å²) in [4.78, 5) is 11.7. The number of hydrogen-bond acceptors (Lipinski definition) is 4. The molecule has 1 amide bonds. The zero-order chi connectivity index (χ0) is 15.5. The number of alkyl carbamates (subject to hydrolysis) is 1. The van der Waals surface area contributed by atoms with Gasteiger partial charge in [0.1, 0.15) is 5.60 Å². The van der Waals surface area contributed by atoms with Crippen molar-refractivity contribution < 1.29 is 9.53 Å². The average Bonchev–Trinajstić information content (AvgIpc) is 2.34. The third-order valence-electron chi connectivity index (χ3n) is 3.37. The Hall–Kier alpha value is -1.75. The van der Waals surface area contributed by atoms with Crippen LogP contribution in [0.3, 0.4) is 0 Å².